The summed E-state index contributed by atoms with van der Waals surface area (Å²) in [6.45, 7) is 3.54. The molecule has 0 bridgehead atoms. The maximum Gasteiger partial charge on any atom is 0.0741 e. The first kappa shape index (κ1) is 9.27. The standard InChI is InChI=1S/C10H15N3O/c1-7-4-12-5-9(11)10(7)13-3-2-8(14)6-13/h4-5,8,14H,2-3,6,11H2,1H3. The van der Waals surface area contributed by atoms with Crippen molar-refractivity contribution in [2.24, 2.45) is 0 Å². The maximum absolute atomic E-state index is 9.44. The molecule has 0 spiro atoms. The van der Waals surface area contributed by atoms with Crippen molar-refractivity contribution >= 4 is 11.4 Å². The number of aliphatic hydroxyl groups excluding tert-OH is 1. The van der Waals surface area contributed by atoms with Crippen LogP contribution in [0.3, 0.4) is 0 Å². The van der Waals surface area contributed by atoms with Crippen LogP contribution in [-0.2, 0) is 0 Å². The topological polar surface area (TPSA) is 62.4 Å². The number of hydrogen-bond acceptors (Lipinski definition) is 4. The van der Waals surface area contributed by atoms with Crippen molar-refractivity contribution in [3.05, 3.63) is 18.0 Å². The summed E-state index contributed by atoms with van der Waals surface area (Å²) in [5.74, 6) is 0. The summed E-state index contributed by atoms with van der Waals surface area (Å²) in [5.41, 5.74) is 8.65. The smallest absolute Gasteiger partial charge is 0.0741 e. The Labute approximate surface area is 83.4 Å². The lowest BCUT2D eigenvalue weighted by molar-refractivity contribution is 0.198. The first-order chi connectivity index (χ1) is 6.68. The number of β-amino-alcohol motifs (C(OH)–C–C–N with tert-alkyl or cyclic N) is 1. The van der Waals surface area contributed by atoms with E-state index < -0.39 is 0 Å². The Hall–Kier alpha value is -1.29. The molecule has 76 valence electrons. The van der Waals surface area contributed by atoms with Gasteiger partial charge < -0.3 is 15.7 Å². The lowest BCUT2D eigenvalue weighted by Crippen LogP contribution is -2.23. The van der Waals surface area contributed by atoms with E-state index in [9.17, 15) is 5.11 Å². The molecular weight excluding hydrogens is 178 g/mol. The highest BCUT2D eigenvalue weighted by Gasteiger charge is 2.22. The molecule has 0 aliphatic carbocycles. The van der Waals surface area contributed by atoms with Crippen LogP contribution in [-0.4, -0.2) is 29.3 Å². The Balaban J connectivity index is 2.31. The van der Waals surface area contributed by atoms with E-state index >= 15 is 0 Å². The first-order valence-corrected chi connectivity index (χ1v) is 4.81. The number of anilines is 2. The zero-order chi connectivity index (χ0) is 10.1. The predicted molar refractivity (Wildman–Crippen MR) is 56.2 cm³/mol. The van der Waals surface area contributed by atoms with Crippen LogP contribution in [0, 0.1) is 6.92 Å². The Morgan fingerprint density at radius 2 is 2.36 bits per heavy atom. The second-order valence-corrected chi connectivity index (χ2v) is 3.78. The van der Waals surface area contributed by atoms with Gasteiger partial charge in [-0.1, -0.05) is 0 Å². The molecule has 1 unspecified atom stereocenters. The largest absolute Gasteiger partial charge is 0.396 e. The van der Waals surface area contributed by atoms with E-state index in [2.05, 4.69) is 9.88 Å². The molecule has 1 saturated heterocycles. The third-order valence-corrected chi connectivity index (χ3v) is 2.61. The molecule has 2 rings (SSSR count). The SMILES string of the molecule is Cc1cncc(N)c1N1CCC(O)C1. The Morgan fingerprint density at radius 3 is 2.93 bits per heavy atom. The van der Waals surface area contributed by atoms with Crippen molar-refractivity contribution in [3.63, 3.8) is 0 Å². The van der Waals surface area contributed by atoms with Gasteiger partial charge >= 0.3 is 0 Å². The van der Waals surface area contributed by atoms with Gasteiger partial charge in [-0.2, -0.15) is 0 Å². The number of rotatable bonds is 1. The number of aromatic nitrogens is 1. The van der Waals surface area contributed by atoms with Crippen LogP contribution in [0.2, 0.25) is 0 Å². The van der Waals surface area contributed by atoms with Gasteiger partial charge in [0.25, 0.3) is 0 Å². The van der Waals surface area contributed by atoms with Gasteiger partial charge in [0.1, 0.15) is 0 Å². The number of pyridine rings is 1. The maximum atomic E-state index is 9.44. The van der Waals surface area contributed by atoms with Crippen molar-refractivity contribution in [3.8, 4) is 0 Å². The van der Waals surface area contributed by atoms with Gasteiger partial charge in [-0.15, -0.1) is 0 Å². The third-order valence-electron chi connectivity index (χ3n) is 2.61. The number of nitrogens with zero attached hydrogens (tertiary/aromatic N) is 2. The van der Waals surface area contributed by atoms with E-state index in [-0.39, 0.29) is 6.10 Å². The molecule has 4 heteroatoms. The molecule has 0 amide bonds. The van der Waals surface area contributed by atoms with Crippen molar-refractivity contribution in [1.29, 1.82) is 0 Å². The van der Waals surface area contributed by atoms with Crippen molar-refractivity contribution in [1.82, 2.24) is 4.98 Å². The molecule has 0 radical (unpaired) electrons. The van der Waals surface area contributed by atoms with Crippen LogP contribution in [0.4, 0.5) is 11.4 Å². The van der Waals surface area contributed by atoms with Crippen LogP contribution in [0.25, 0.3) is 0 Å². The van der Waals surface area contributed by atoms with Gasteiger partial charge in [0.05, 0.1) is 23.7 Å². The number of nitrogens with two attached hydrogens (primary N) is 1. The molecule has 2 heterocycles. The molecule has 1 fully saturated rings. The van der Waals surface area contributed by atoms with E-state index in [1.165, 1.54) is 0 Å². The van der Waals surface area contributed by atoms with Crippen molar-refractivity contribution in [2.45, 2.75) is 19.4 Å². The van der Waals surface area contributed by atoms with Gasteiger partial charge in [-0.3, -0.25) is 4.98 Å². The molecule has 1 aliphatic heterocycles. The molecule has 4 nitrogen and oxygen atoms in total. The molecule has 1 atom stereocenters. The molecular formula is C10H15N3O. The second-order valence-electron chi connectivity index (χ2n) is 3.78. The van der Waals surface area contributed by atoms with E-state index in [4.69, 9.17) is 5.73 Å². The van der Waals surface area contributed by atoms with Crippen molar-refractivity contribution in [2.75, 3.05) is 23.7 Å². The molecule has 14 heavy (non-hydrogen) atoms. The van der Waals surface area contributed by atoms with E-state index in [0.29, 0.717) is 12.2 Å². The Morgan fingerprint density at radius 1 is 1.57 bits per heavy atom. The normalized spacial score (nSPS) is 21.6. The third kappa shape index (κ3) is 1.53. The number of hydrogen-bond donors (Lipinski definition) is 2. The number of aliphatic hydroxyl groups is 1. The zero-order valence-electron chi connectivity index (χ0n) is 8.27. The summed E-state index contributed by atoms with van der Waals surface area (Å²) in [7, 11) is 0. The molecule has 0 saturated carbocycles. The summed E-state index contributed by atoms with van der Waals surface area (Å²) in [4.78, 5) is 6.14. The van der Waals surface area contributed by atoms with Gasteiger partial charge in [0.2, 0.25) is 0 Å². The highest BCUT2D eigenvalue weighted by Crippen LogP contribution is 2.29. The molecule has 0 aromatic carbocycles. The minimum Gasteiger partial charge on any atom is -0.396 e. The summed E-state index contributed by atoms with van der Waals surface area (Å²) in [6, 6.07) is 0. The quantitative estimate of drug-likeness (QED) is 0.683. The van der Waals surface area contributed by atoms with Gasteiger partial charge in [-0.25, -0.2) is 0 Å². The van der Waals surface area contributed by atoms with E-state index in [0.717, 1.165) is 24.2 Å². The van der Waals surface area contributed by atoms with Gasteiger partial charge in [0, 0.05) is 19.3 Å². The van der Waals surface area contributed by atoms with E-state index in [1.807, 2.05) is 6.92 Å². The van der Waals surface area contributed by atoms with Crippen LogP contribution in [0.15, 0.2) is 12.4 Å². The van der Waals surface area contributed by atoms with Crippen LogP contribution < -0.4 is 10.6 Å². The fourth-order valence-electron chi connectivity index (χ4n) is 1.96. The minimum absolute atomic E-state index is 0.220. The van der Waals surface area contributed by atoms with Crippen molar-refractivity contribution < 1.29 is 5.11 Å². The monoisotopic (exact) mass is 193 g/mol. The predicted octanol–water partition coefficient (Wildman–Crippen LogP) is 0.543. The average molecular weight is 193 g/mol. The zero-order valence-corrected chi connectivity index (χ0v) is 8.27. The lowest BCUT2D eigenvalue weighted by Gasteiger charge is -2.21. The number of aryl methyl sites for hydroxylation is 1. The van der Waals surface area contributed by atoms with E-state index in [1.54, 1.807) is 12.4 Å². The summed E-state index contributed by atoms with van der Waals surface area (Å²) in [6.07, 6.45) is 4.06. The fourth-order valence-corrected chi connectivity index (χ4v) is 1.96. The fraction of sp³-hybridized carbons (Fsp3) is 0.500. The van der Waals surface area contributed by atoms with Gasteiger partial charge in [-0.05, 0) is 18.9 Å². The second kappa shape index (κ2) is 3.46. The summed E-state index contributed by atoms with van der Waals surface area (Å²) >= 11 is 0. The van der Waals surface area contributed by atoms with Crippen LogP contribution in [0.5, 0.6) is 0 Å². The average Bonchev–Trinajstić information content (AvgIpc) is 2.51. The summed E-state index contributed by atoms with van der Waals surface area (Å²) in [5, 5.41) is 9.44. The van der Waals surface area contributed by atoms with Crippen LogP contribution >= 0.6 is 0 Å². The first-order valence-electron chi connectivity index (χ1n) is 4.81. The molecule has 1 aromatic heterocycles. The highest BCUT2D eigenvalue weighted by atomic mass is 16.3. The van der Waals surface area contributed by atoms with Crippen LogP contribution in [0.1, 0.15) is 12.0 Å². The molecule has 3 N–H and O–H groups in total. The molecule has 1 aromatic rings. The molecule has 1 aliphatic rings. The minimum atomic E-state index is -0.220. The van der Waals surface area contributed by atoms with Gasteiger partial charge in [0.15, 0.2) is 0 Å². The lowest BCUT2D eigenvalue weighted by atomic mass is 10.2. The Bertz CT molecular complexity index is 320. The number of nitrogen functional groups attached to an aromatic ring is 1. The summed E-state index contributed by atoms with van der Waals surface area (Å²) < 4.78 is 0. The highest BCUT2D eigenvalue weighted by molar-refractivity contribution is 5.70. The Kier molecular flexibility index (Phi) is 2.29.